The number of benzene rings is 1. The summed E-state index contributed by atoms with van der Waals surface area (Å²) in [7, 11) is -2.83. The molecule has 2 rings (SSSR count). The van der Waals surface area contributed by atoms with Crippen LogP contribution < -0.4 is 5.32 Å². The number of nitrogens with zero attached hydrogens (tertiary/aromatic N) is 1. The fourth-order valence-electron chi connectivity index (χ4n) is 3.13. The van der Waals surface area contributed by atoms with Crippen molar-refractivity contribution >= 4 is 44.5 Å². The maximum Gasteiger partial charge on any atom is 0.408 e. The Morgan fingerprint density at radius 1 is 1.22 bits per heavy atom. The van der Waals surface area contributed by atoms with Crippen molar-refractivity contribution in [3.8, 4) is 0 Å². The van der Waals surface area contributed by atoms with Crippen molar-refractivity contribution in [1.82, 2.24) is 9.62 Å². The number of hydrogen-bond acceptors (Lipinski definition) is 7. The summed E-state index contributed by atoms with van der Waals surface area (Å²) in [4.78, 5) is 36.2. The maximum atomic E-state index is 12.8. The molecule has 1 aromatic carbocycles. The molecule has 0 aliphatic carbocycles. The Labute approximate surface area is 192 Å². The monoisotopic (exact) mass is 486 g/mol. The predicted molar refractivity (Wildman–Crippen MR) is 119 cm³/mol. The van der Waals surface area contributed by atoms with E-state index in [4.69, 9.17) is 21.1 Å². The summed E-state index contributed by atoms with van der Waals surface area (Å²) in [6.07, 6.45) is 0.275. The van der Waals surface area contributed by atoms with Gasteiger partial charge in [0.25, 0.3) is 15.9 Å². The van der Waals surface area contributed by atoms with Crippen LogP contribution in [0, 0.1) is 0 Å². The van der Waals surface area contributed by atoms with Crippen molar-refractivity contribution in [1.29, 1.82) is 0 Å². The minimum atomic E-state index is -4.03. The van der Waals surface area contributed by atoms with E-state index in [-0.39, 0.29) is 21.9 Å². The number of halogens is 1. The number of rotatable bonds is 6. The Balaban J connectivity index is 2.29. The van der Waals surface area contributed by atoms with Gasteiger partial charge >= 0.3 is 12.1 Å². The van der Waals surface area contributed by atoms with Gasteiger partial charge in [-0.2, -0.15) is 0 Å². The quantitative estimate of drug-likeness (QED) is 0.614. The van der Waals surface area contributed by atoms with Gasteiger partial charge in [0.2, 0.25) is 0 Å². The number of carbonyl (C=O) groups excluding carboxylic acids is 3. The van der Waals surface area contributed by atoms with E-state index in [9.17, 15) is 22.8 Å². The van der Waals surface area contributed by atoms with Gasteiger partial charge < -0.3 is 14.8 Å². The molecule has 1 aromatic rings. The molecule has 0 fully saturated rings. The molecule has 1 atom stereocenters. The first-order chi connectivity index (χ1) is 14.7. The molecule has 0 spiro atoms. The minimum absolute atomic E-state index is 0.0226. The van der Waals surface area contributed by atoms with Crippen LogP contribution >= 0.6 is 11.6 Å². The van der Waals surface area contributed by atoms with Crippen LogP contribution in [0.2, 0.25) is 5.02 Å². The first kappa shape index (κ1) is 25.7. The van der Waals surface area contributed by atoms with Crippen LogP contribution in [0.4, 0.5) is 4.79 Å². The van der Waals surface area contributed by atoms with Gasteiger partial charge in [0.1, 0.15) is 16.5 Å². The van der Waals surface area contributed by atoms with E-state index in [2.05, 4.69) is 5.32 Å². The topological polar surface area (TPSA) is 119 Å². The number of sulfonamides is 1. The smallest absolute Gasteiger partial charge is 0.408 e. The SMILES string of the molecule is COC(=O)[C@H](Cc1ccc(C2=CC(=O)N(C(C)C)S2(=O)=O)c(Cl)c1)NC(=O)OC(C)(C)C. The Kier molecular flexibility index (Phi) is 7.62. The molecule has 1 heterocycles. The molecule has 32 heavy (non-hydrogen) atoms. The Morgan fingerprint density at radius 3 is 2.31 bits per heavy atom. The molecule has 2 amide bonds. The molecule has 0 radical (unpaired) electrons. The third-order valence-electron chi connectivity index (χ3n) is 4.39. The Hall–Kier alpha value is -2.59. The van der Waals surface area contributed by atoms with Crippen LogP contribution in [0.5, 0.6) is 0 Å². The third-order valence-corrected chi connectivity index (χ3v) is 6.72. The standard InChI is InChI=1S/C21H27ClN2O7S/c1-12(2)24-18(25)11-17(32(24,28)29)14-8-7-13(9-15(14)22)10-16(19(26)30-6)23-20(27)31-21(3,4)5/h7-9,11-12,16H,10H2,1-6H3,(H,23,27)/t16-/m0/s1. The van der Waals surface area contributed by atoms with Crippen LogP contribution in [0.25, 0.3) is 4.91 Å². The number of hydrogen-bond donors (Lipinski definition) is 1. The van der Waals surface area contributed by atoms with E-state index < -0.39 is 45.7 Å². The summed E-state index contributed by atoms with van der Waals surface area (Å²) < 4.78 is 36.3. The van der Waals surface area contributed by atoms with Crippen molar-refractivity contribution < 1.29 is 32.3 Å². The summed E-state index contributed by atoms with van der Waals surface area (Å²) in [6.45, 7) is 8.27. The van der Waals surface area contributed by atoms with Crippen LogP contribution in [-0.2, 0) is 35.5 Å². The van der Waals surface area contributed by atoms with Crippen molar-refractivity contribution in [2.45, 2.75) is 58.7 Å². The van der Waals surface area contributed by atoms with Gasteiger partial charge in [-0.05, 0) is 46.2 Å². The number of nitrogens with one attached hydrogen (secondary N) is 1. The molecule has 1 aliphatic heterocycles. The second-order valence-electron chi connectivity index (χ2n) is 8.48. The second-order valence-corrected chi connectivity index (χ2v) is 10.7. The average Bonchev–Trinajstić information content (AvgIpc) is 2.87. The minimum Gasteiger partial charge on any atom is -0.467 e. The van der Waals surface area contributed by atoms with Gasteiger partial charge in [-0.1, -0.05) is 23.7 Å². The van der Waals surface area contributed by atoms with E-state index in [0.29, 0.717) is 5.56 Å². The highest BCUT2D eigenvalue weighted by Gasteiger charge is 2.40. The number of esters is 1. The van der Waals surface area contributed by atoms with Gasteiger partial charge in [0, 0.05) is 29.1 Å². The average molecular weight is 487 g/mol. The van der Waals surface area contributed by atoms with E-state index in [1.54, 1.807) is 40.7 Å². The number of amides is 2. The van der Waals surface area contributed by atoms with Crippen molar-refractivity contribution in [3.05, 3.63) is 40.4 Å². The largest absolute Gasteiger partial charge is 0.467 e. The highest BCUT2D eigenvalue weighted by Crippen LogP contribution is 2.36. The van der Waals surface area contributed by atoms with Crippen LogP contribution in [0.15, 0.2) is 24.3 Å². The molecule has 0 saturated carbocycles. The number of ether oxygens (including phenoxy) is 2. The molecule has 176 valence electrons. The maximum absolute atomic E-state index is 12.8. The highest BCUT2D eigenvalue weighted by atomic mass is 35.5. The van der Waals surface area contributed by atoms with E-state index in [0.717, 1.165) is 10.4 Å². The van der Waals surface area contributed by atoms with Crippen molar-refractivity contribution in [2.24, 2.45) is 0 Å². The van der Waals surface area contributed by atoms with Gasteiger partial charge in [-0.3, -0.25) is 4.79 Å². The lowest BCUT2D eigenvalue weighted by Gasteiger charge is -2.23. The number of carbonyl (C=O) groups is 3. The molecular formula is C21H27ClN2O7S. The summed E-state index contributed by atoms with van der Waals surface area (Å²) >= 11 is 6.34. The predicted octanol–water partition coefficient (Wildman–Crippen LogP) is 2.87. The van der Waals surface area contributed by atoms with Crippen LogP contribution in [0.1, 0.15) is 45.7 Å². The van der Waals surface area contributed by atoms with Crippen molar-refractivity contribution in [3.63, 3.8) is 0 Å². The van der Waals surface area contributed by atoms with E-state index >= 15 is 0 Å². The molecule has 9 nitrogen and oxygen atoms in total. The van der Waals surface area contributed by atoms with Crippen molar-refractivity contribution in [2.75, 3.05) is 7.11 Å². The molecule has 0 bridgehead atoms. The van der Waals surface area contributed by atoms with Gasteiger partial charge in [0.15, 0.2) is 0 Å². The molecule has 11 heteroatoms. The summed E-state index contributed by atoms with van der Waals surface area (Å²) in [6, 6.07) is 2.90. The zero-order valence-electron chi connectivity index (χ0n) is 18.8. The van der Waals surface area contributed by atoms with Crippen LogP contribution in [0.3, 0.4) is 0 Å². The summed E-state index contributed by atoms with van der Waals surface area (Å²) in [5.41, 5.74) is -0.0489. The summed E-state index contributed by atoms with van der Waals surface area (Å²) in [5, 5.41) is 2.54. The molecule has 0 saturated heterocycles. The van der Waals surface area contributed by atoms with E-state index in [1.807, 2.05) is 0 Å². The lowest BCUT2D eigenvalue weighted by molar-refractivity contribution is -0.143. The molecular weight excluding hydrogens is 460 g/mol. The number of methoxy groups -OCH3 is 1. The summed E-state index contributed by atoms with van der Waals surface area (Å²) in [5.74, 6) is -1.32. The number of alkyl carbamates (subject to hydrolysis) is 1. The fraction of sp³-hybridized carbons (Fsp3) is 0.476. The van der Waals surface area contributed by atoms with Gasteiger partial charge in [-0.25, -0.2) is 22.3 Å². The molecule has 0 unspecified atom stereocenters. The molecule has 1 N–H and O–H groups in total. The highest BCUT2D eigenvalue weighted by molar-refractivity contribution is 7.99. The van der Waals surface area contributed by atoms with E-state index in [1.165, 1.54) is 19.2 Å². The Morgan fingerprint density at radius 2 is 1.84 bits per heavy atom. The normalized spacial score (nSPS) is 16.6. The lowest BCUT2D eigenvalue weighted by Crippen LogP contribution is -2.45. The Bertz CT molecular complexity index is 1060. The zero-order chi connectivity index (χ0) is 24.4. The fourth-order valence-corrected chi connectivity index (χ4v) is 5.25. The van der Waals surface area contributed by atoms with Gasteiger partial charge in [-0.15, -0.1) is 0 Å². The first-order valence-electron chi connectivity index (χ1n) is 9.83. The molecule has 1 aliphatic rings. The zero-order valence-corrected chi connectivity index (χ0v) is 20.3. The second kappa shape index (κ2) is 9.50. The lowest BCUT2D eigenvalue weighted by atomic mass is 10.0. The third kappa shape index (κ3) is 5.80. The molecule has 0 aromatic heterocycles. The first-order valence-corrected chi connectivity index (χ1v) is 11.7. The van der Waals surface area contributed by atoms with Gasteiger partial charge in [0.05, 0.1) is 7.11 Å². The van der Waals surface area contributed by atoms with Crippen LogP contribution in [-0.4, -0.2) is 55.5 Å².